The summed E-state index contributed by atoms with van der Waals surface area (Å²) in [7, 11) is 1.61. The van der Waals surface area contributed by atoms with Gasteiger partial charge in [-0.15, -0.1) is 0 Å². The Labute approximate surface area is 152 Å². The Morgan fingerprint density at radius 2 is 2.12 bits per heavy atom. The van der Waals surface area contributed by atoms with E-state index >= 15 is 0 Å². The maximum absolute atomic E-state index is 12.9. The summed E-state index contributed by atoms with van der Waals surface area (Å²) in [4.78, 5) is 24.7. The van der Waals surface area contributed by atoms with Crippen LogP contribution in [0.15, 0.2) is 53.9 Å². The molecule has 1 spiro atoms. The minimum atomic E-state index is -0.425. The van der Waals surface area contributed by atoms with E-state index in [-0.39, 0.29) is 5.91 Å². The number of rotatable bonds is 3. The van der Waals surface area contributed by atoms with Crippen LogP contribution in [0.4, 0.5) is 0 Å². The molecule has 134 valence electrons. The molecule has 1 unspecified atom stereocenters. The number of amides is 1. The monoisotopic (exact) mass is 351 g/mol. The highest BCUT2D eigenvalue weighted by molar-refractivity contribution is 6.01. The molecular formula is C20H21N3O3. The first-order chi connectivity index (χ1) is 12.7. The highest BCUT2D eigenvalue weighted by Crippen LogP contribution is 2.35. The molecule has 0 saturated carbocycles. The van der Waals surface area contributed by atoms with E-state index in [1.165, 1.54) is 0 Å². The predicted octanol–water partition coefficient (Wildman–Crippen LogP) is 2.89. The average Bonchev–Trinajstić information content (AvgIpc) is 3.11. The maximum atomic E-state index is 12.9. The van der Waals surface area contributed by atoms with Gasteiger partial charge in [0.05, 0.1) is 19.4 Å². The van der Waals surface area contributed by atoms with Gasteiger partial charge < -0.3 is 14.5 Å². The quantitative estimate of drug-likeness (QED) is 0.853. The number of methoxy groups -OCH3 is 1. The number of aromatic nitrogens is 1. The van der Waals surface area contributed by atoms with Crippen LogP contribution in [0.5, 0.6) is 5.75 Å². The SMILES string of the molecule is COc1ccc(C(=O)N2CCCC3(CC(c4cccnc4)=NO3)C2)cc1. The standard InChI is InChI=1S/C20H21N3O3/c1-25-17-7-5-15(6-8-17)19(24)23-11-3-9-20(14-23)12-18(22-26-20)16-4-2-10-21-13-16/h2,4-8,10,13H,3,9,11-12,14H2,1H3. The number of carbonyl (C=O) groups excluding carboxylic acids is 1. The van der Waals surface area contributed by atoms with Crippen LogP contribution in [-0.4, -0.2) is 47.3 Å². The second kappa shape index (κ2) is 6.78. The lowest BCUT2D eigenvalue weighted by molar-refractivity contribution is -0.0618. The highest BCUT2D eigenvalue weighted by atomic mass is 16.7. The fourth-order valence-corrected chi connectivity index (χ4v) is 3.62. The summed E-state index contributed by atoms with van der Waals surface area (Å²) in [5, 5.41) is 4.29. The van der Waals surface area contributed by atoms with Crippen molar-refractivity contribution in [1.29, 1.82) is 0 Å². The van der Waals surface area contributed by atoms with E-state index in [1.807, 2.05) is 29.2 Å². The molecule has 1 atom stereocenters. The molecule has 1 aromatic heterocycles. The molecule has 6 nitrogen and oxygen atoms in total. The molecule has 0 N–H and O–H groups in total. The summed E-state index contributed by atoms with van der Waals surface area (Å²) in [6, 6.07) is 11.1. The van der Waals surface area contributed by atoms with Crippen molar-refractivity contribution in [2.24, 2.45) is 5.16 Å². The number of hydrogen-bond donors (Lipinski definition) is 0. The molecule has 0 radical (unpaired) electrons. The van der Waals surface area contributed by atoms with Gasteiger partial charge in [0.25, 0.3) is 5.91 Å². The van der Waals surface area contributed by atoms with E-state index in [1.54, 1.807) is 31.6 Å². The minimum absolute atomic E-state index is 0.0187. The first-order valence-electron chi connectivity index (χ1n) is 8.78. The van der Waals surface area contributed by atoms with Crippen LogP contribution in [0, 0.1) is 0 Å². The number of oxime groups is 1. The van der Waals surface area contributed by atoms with Crippen molar-refractivity contribution in [3.63, 3.8) is 0 Å². The Morgan fingerprint density at radius 1 is 1.27 bits per heavy atom. The summed E-state index contributed by atoms with van der Waals surface area (Å²) in [5.41, 5.74) is 2.11. The van der Waals surface area contributed by atoms with Gasteiger partial charge in [0, 0.05) is 36.5 Å². The first-order valence-corrected chi connectivity index (χ1v) is 8.78. The van der Waals surface area contributed by atoms with Gasteiger partial charge in [0.2, 0.25) is 0 Å². The number of hydrogen-bond acceptors (Lipinski definition) is 5. The number of nitrogens with zero attached hydrogens (tertiary/aromatic N) is 3. The second-order valence-corrected chi connectivity index (χ2v) is 6.79. The molecule has 2 aliphatic heterocycles. The number of pyridine rings is 1. The van der Waals surface area contributed by atoms with Crippen molar-refractivity contribution >= 4 is 11.6 Å². The Hall–Kier alpha value is -2.89. The third-order valence-corrected chi connectivity index (χ3v) is 5.00. The molecule has 2 aliphatic rings. The smallest absolute Gasteiger partial charge is 0.253 e. The molecule has 4 rings (SSSR count). The molecule has 2 aromatic rings. The molecule has 0 aliphatic carbocycles. The van der Waals surface area contributed by atoms with Gasteiger partial charge in [0.1, 0.15) is 5.75 Å². The van der Waals surface area contributed by atoms with E-state index in [4.69, 9.17) is 9.57 Å². The van der Waals surface area contributed by atoms with Crippen molar-refractivity contribution in [3.05, 3.63) is 59.9 Å². The Kier molecular flexibility index (Phi) is 4.32. The van der Waals surface area contributed by atoms with Gasteiger partial charge in [-0.05, 0) is 49.2 Å². The van der Waals surface area contributed by atoms with Crippen LogP contribution < -0.4 is 4.74 Å². The zero-order valence-electron chi connectivity index (χ0n) is 14.7. The Morgan fingerprint density at radius 3 is 2.85 bits per heavy atom. The van der Waals surface area contributed by atoms with Crippen molar-refractivity contribution in [2.75, 3.05) is 20.2 Å². The first kappa shape index (κ1) is 16.6. The molecule has 6 heteroatoms. The summed E-state index contributed by atoms with van der Waals surface area (Å²) < 4.78 is 5.16. The van der Waals surface area contributed by atoms with Crippen LogP contribution in [0.2, 0.25) is 0 Å². The van der Waals surface area contributed by atoms with Gasteiger partial charge in [-0.3, -0.25) is 9.78 Å². The summed E-state index contributed by atoms with van der Waals surface area (Å²) in [5.74, 6) is 0.760. The summed E-state index contributed by atoms with van der Waals surface area (Å²) in [6.45, 7) is 1.28. The van der Waals surface area contributed by atoms with Gasteiger partial charge >= 0.3 is 0 Å². The van der Waals surface area contributed by atoms with Crippen molar-refractivity contribution in [1.82, 2.24) is 9.88 Å². The number of ether oxygens (including phenoxy) is 1. The topological polar surface area (TPSA) is 64.0 Å². The number of piperidine rings is 1. The number of carbonyl (C=O) groups is 1. The predicted molar refractivity (Wildman–Crippen MR) is 97.3 cm³/mol. The highest BCUT2D eigenvalue weighted by Gasteiger charge is 2.44. The van der Waals surface area contributed by atoms with Crippen molar-refractivity contribution in [2.45, 2.75) is 24.9 Å². The van der Waals surface area contributed by atoms with Gasteiger partial charge in [-0.2, -0.15) is 0 Å². The van der Waals surface area contributed by atoms with Crippen LogP contribution in [0.3, 0.4) is 0 Å². The van der Waals surface area contributed by atoms with Crippen LogP contribution >= 0.6 is 0 Å². The lowest BCUT2D eigenvalue weighted by atomic mass is 9.86. The van der Waals surface area contributed by atoms with E-state index in [0.29, 0.717) is 18.5 Å². The van der Waals surface area contributed by atoms with Crippen LogP contribution in [0.25, 0.3) is 0 Å². The van der Waals surface area contributed by atoms with E-state index < -0.39 is 5.60 Å². The van der Waals surface area contributed by atoms with Gasteiger partial charge in [0.15, 0.2) is 5.60 Å². The number of likely N-dealkylation sites (tertiary alicyclic amines) is 1. The molecular weight excluding hydrogens is 330 g/mol. The van der Waals surface area contributed by atoms with E-state index in [0.717, 1.165) is 36.4 Å². The minimum Gasteiger partial charge on any atom is -0.497 e. The third-order valence-electron chi connectivity index (χ3n) is 5.00. The largest absolute Gasteiger partial charge is 0.497 e. The fraction of sp³-hybridized carbons (Fsp3) is 0.350. The molecule has 1 fully saturated rings. The molecule has 26 heavy (non-hydrogen) atoms. The molecule has 3 heterocycles. The van der Waals surface area contributed by atoms with E-state index in [9.17, 15) is 4.79 Å². The zero-order chi connectivity index (χ0) is 18.0. The van der Waals surface area contributed by atoms with Gasteiger partial charge in [-0.1, -0.05) is 5.16 Å². The molecule has 1 saturated heterocycles. The normalized spacial score (nSPS) is 22.0. The summed E-state index contributed by atoms with van der Waals surface area (Å²) >= 11 is 0. The van der Waals surface area contributed by atoms with Crippen molar-refractivity contribution in [3.8, 4) is 5.75 Å². The van der Waals surface area contributed by atoms with E-state index in [2.05, 4.69) is 10.1 Å². The Bertz CT molecular complexity index is 820. The van der Waals surface area contributed by atoms with Crippen molar-refractivity contribution < 1.29 is 14.4 Å². The molecule has 1 amide bonds. The average molecular weight is 351 g/mol. The maximum Gasteiger partial charge on any atom is 0.253 e. The second-order valence-electron chi connectivity index (χ2n) is 6.79. The number of benzene rings is 1. The summed E-state index contributed by atoms with van der Waals surface area (Å²) in [6.07, 6.45) is 6.03. The zero-order valence-corrected chi connectivity index (χ0v) is 14.7. The third kappa shape index (κ3) is 3.14. The molecule has 0 bridgehead atoms. The fourth-order valence-electron chi connectivity index (χ4n) is 3.62. The Balaban J connectivity index is 1.47. The molecule has 1 aromatic carbocycles. The van der Waals surface area contributed by atoms with Gasteiger partial charge in [-0.25, -0.2) is 0 Å². The lowest BCUT2D eigenvalue weighted by Crippen LogP contribution is -2.50. The van der Waals surface area contributed by atoms with Crippen LogP contribution in [0.1, 0.15) is 35.2 Å². The lowest BCUT2D eigenvalue weighted by Gasteiger charge is -2.38. The van der Waals surface area contributed by atoms with Crippen LogP contribution in [-0.2, 0) is 4.84 Å².